The second kappa shape index (κ2) is 9.48. The molecule has 0 bridgehead atoms. The molecule has 0 radical (unpaired) electrons. The van der Waals surface area contributed by atoms with Crippen LogP contribution in [0, 0.1) is 0 Å². The van der Waals surface area contributed by atoms with Crippen LogP contribution in [0.25, 0.3) is 0 Å². The standard InChI is InChI=1S/C6H7N3S.C2H6.C2H4.H3N.H2/c7-6-4-1-10-2-5(4)8-3-9-6;2*1-2;;/h3H,1-2H2,(H2,7,8,9);1-2H3;1-2H2;1H3;1H. The fraction of sp³-hybridized carbons (Fsp3) is 0.400. The summed E-state index contributed by atoms with van der Waals surface area (Å²) in [6.45, 7) is 10.0. The average Bonchev–Trinajstić information content (AvgIpc) is 2.73. The van der Waals surface area contributed by atoms with Crippen LogP contribution in [0.2, 0.25) is 0 Å². The van der Waals surface area contributed by atoms with Crippen molar-refractivity contribution in [1.29, 1.82) is 0 Å². The Kier molecular flexibility index (Phi) is 10.3. The highest BCUT2D eigenvalue weighted by atomic mass is 32.2. The van der Waals surface area contributed by atoms with E-state index >= 15 is 0 Å². The van der Waals surface area contributed by atoms with Gasteiger partial charge in [0.15, 0.2) is 0 Å². The number of thioether (sulfide) groups is 1. The molecule has 0 fully saturated rings. The molecule has 0 saturated heterocycles. The van der Waals surface area contributed by atoms with Gasteiger partial charge in [-0.1, -0.05) is 13.8 Å². The van der Waals surface area contributed by atoms with Crippen LogP contribution in [0.4, 0.5) is 5.82 Å². The third-order valence-electron chi connectivity index (χ3n) is 1.55. The van der Waals surface area contributed by atoms with Crippen LogP contribution >= 0.6 is 11.8 Å². The van der Waals surface area contributed by atoms with Crippen molar-refractivity contribution in [1.82, 2.24) is 16.1 Å². The van der Waals surface area contributed by atoms with Gasteiger partial charge in [-0.3, -0.25) is 0 Å². The first-order chi connectivity index (χ1) is 6.88. The summed E-state index contributed by atoms with van der Waals surface area (Å²) in [6.07, 6.45) is 1.53. The number of nitrogens with two attached hydrogens (primary N) is 1. The van der Waals surface area contributed by atoms with Gasteiger partial charge in [-0.2, -0.15) is 11.8 Å². The molecule has 4 nitrogen and oxygen atoms in total. The molecule has 0 spiro atoms. The lowest BCUT2D eigenvalue weighted by Crippen LogP contribution is -1.98. The average molecular weight is 230 g/mol. The van der Waals surface area contributed by atoms with E-state index < -0.39 is 0 Å². The van der Waals surface area contributed by atoms with Gasteiger partial charge in [0.05, 0.1) is 5.69 Å². The Labute approximate surface area is 97.5 Å². The predicted molar refractivity (Wildman–Crippen MR) is 71.2 cm³/mol. The number of hydrogen-bond donors (Lipinski definition) is 2. The molecular formula is C10H22N4S. The summed E-state index contributed by atoms with van der Waals surface area (Å²) in [6, 6.07) is 0. The predicted octanol–water partition coefficient (Wildman–Crippen LogP) is 3.04. The Balaban J connectivity index is -0.000000257. The van der Waals surface area contributed by atoms with Gasteiger partial charge in [0, 0.05) is 18.5 Å². The monoisotopic (exact) mass is 230 g/mol. The highest BCUT2D eigenvalue weighted by molar-refractivity contribution is 7.98. The molecule has 0 atom stereocenters. The maximum atomic E-state index is 5.61. The first-order valence-corrected chi connectivity index (χ1v) is 5.69. The van der Waals surface area contributed by atoms with E-state index in [9.17, 15) is 0 Å². The summed E-state index contributed by atoms with van der Waals surface area (Å²) in [5.41, 5.74) is 7.85. The zero-order valence-electron chi connectivity index (χ0n) is 9.49. The number of anilines is 1. The first kappa shape index (κ1) is 16.4. The van der Waals surface area contributed by atoms with Crippen LogP contribution in [0.15, 0.2) is 19.5 Å². The molecule has 1 aliphatic heterocycles. The van der Waals surface area contributed by atoms with Crippen LogP contribution < -0.4 is 11.9 Å². The van der Waals surface area contributed by atoms with Crippen LogP contribution in [-0.4, -0.2) is 9.97 Å². The maximum absolute atomic E-state index is 5.61. The highest BCUT2D eigenvalue weighted by Gasteiger charge is 2.14. The lowest BCUT2D eigenvalue weighted by molar-refractivity contribution is 1.07. The summed E-state index contributed by atoms with van der Waals surface area (Å²) >= 11 is 1.83. The van der Waals surface area contributed by atoms with Gasteiger partial charge in [-0.15, -0.1) is 13.2 Å². The topological polar surface area (TPSA) is 86.8 Å². The molecule has 5 heteroatoms. The lowest BCUT2D eigenvalue weighted by Gasteiger charge is -1.97. The molecule has 0 saturated carbocycles. The summed E-state index contributed by atoms with van der Waals surface area (Å²) in [5, 5.41) is 0. The third kappa shape index (κ3) is 4.31. The van der Waals surface area contributed by atoms with Crippen molar-refractivity contribution < 1.29 is 1.43 Å². The Morgan fingerprint density at radius 1 is 1.33 bits per heavy atom. The van der Waals surface area contributed by atoms with Crippen molar-refractivity contribution in [2.45, 2.75) is 25.4 Å². The van der Waals surface area contributed by atoms with Gasteiger partial charge in [-0.25, -0.2) is 9.97 Å². The summed E-state index contributed by atoms with van der Waals surface area (Å²) < 4.78 is 0. The molecule has 0 aliphatic carbocycles. The SMILES string of the molecule is C=C.CC.N.Nc1ncnc2c1CSC2.[HH]. The van der Waals surface area contributed by atoms with Gasteiger partial charge < -0.3 is 11.9 Å². The Hall–Kier alpha value is -1.07. The number of nitrogens with zero attached hydrogens (tertiary/aromatic N) is 2. The fourth-order valence-corrected chi connectivity index (χ4v) is 2.06. The van der Waals surface area contributed by atoms with Gasteiger partial charge in [0.1, 0.15) is 12.1 Å². The zero-order chi connectivity index (χ0) is 11.0. The maximum Gasteiger partial charge on any atom is 0.131 e. The molecule has 1 aliphatic rings. The number of fused-ring (bicyclic) bond motifs is 1. The quantitative estimate of drug-likeness (QED) is 0.669. The second-order valence-electron chi connectivity index (χ2n) is 2.18. The third-order valence-corrected chi connectivity index (χ3v) is 2.52. The molecule has 2 heterocycles. The van der Waals surface area contributed by atoms with Crippen molar-refractivity contribution in [3.05, 3.63) is 30.7 Å². The van der Waals surface area contributed by atoms with Gasteiger partial charge in [0.25, 0.3) is 0 Å². The van der Waals surface area contributed by atoms with Crippen molar-refractivity contribution in [2.75, 3.05) is 5.73 Å². The number of aromatic nitrogens is 2. The van der Waals surface area contributed by atoms with E-state index in [2.05, 4.69) is 23.1 Å². The molecule has 1 aromatic rings. The smallest absolute Gasteiger partial charge is 0.131 e. The highest BCUT2D eigenvalue weighted by Crippen LogP contribution is 2.30. The second-order valence-corrected chi connectivity index (χ2v) is 3.16. The molecule has 2 rings (SSSR count). The van der Waals surface area contributed by atoms with Gasteiger partial charge >= 0.3 is 0 Å². The molecule has 88 valence electrons. The zero-order valence-corrected chi connectivity index (χ0v) is 10.3. The minimum Gasteiger partial charge on any atom is -0.383 e. The molecule has 1 aromatic heterocycles. The summed E-state index contributed by atoms with van der Waals surface area (Å²) in [5.74, 6) is 2.61. The molecule has 0 aromatic carbocycles. The van der Waals surface area contributed by atoms with Crippen LogP contribution in [0.1, 0.15) is 26.5 Å². The lowest BCUT2D eigenvalue weighted by atomic mass is 10.2. The van der Waals surface area contributed by atoms with E-state index in [1.807, 2.05) is 25.6 Å². The van der Waals surface area contributed by atoms with Gasteiger partial charge in [0.2, 0.25) is 0 Å². The number of rotatable bonds is 0. The van der Waals surface area contributed by atoms with E-state index in [1.165, 1.54) is 6.33 Å². The largest absolute Gasteiger partial charge is 0.383 e. The van der Waals surface area contributed by atoms with Crippen molar-refractivity contribution in [2.24, 2.45) is 0 Å². The first-order valence-electron chi connectivity index (χ1n) is 4.54. The number of hydrogen-bond acceptors (Lipinski definition) is 5. The normalized spacial score (nSPS) is 10.8. The van der Waals surface area contributed by atoms with Crippen molar-refractivity contribution in [3.8, 4) is 0 Å². The van der Waals surface area contributed by atoms with Crippen molar-refractivity contribution in [3.63, 3.8) is 0 Å². The van der Waals surface area contributed by atoms with E-state index in [4.69, 9.17) is 5.73 Å². The minimum atomic E-state index is 0. The van der Waals surface area contributed by atoms with E-state index in [0.717, 1.165) is 22.8 Å². The Morgan fingerprint density at radius 2 is 1.93 bits per heavy atom. The van der Waals surface area contributed by atoms with Crippen LogP contribution in [-0.2, 0) is 11.5 Å². The van der Waals surface area contributed by atoms with Crippen LogP contribution in [0.3, 0.4) is 0 Å². The number of nitrogen functional groups attached to an aromatic ring is 1. The summed E-state index contributed by atoms with van der Waals surface area (Å²) in [4.78, 5) is 8.01. The van der Waals surface area contributed by atoms with E-state index in [0.29, 0.717) is 5.82 Å². The van der Waals surface area contributed by atoms with E-state index in [-0.39, 0.29) is 7.58 Å². The van der Waals surface area contributed by atoms with Crippen LogP contribution in [0.5, 0.6) is 0 Å². The molecule has 5 N–H and O–H groups in total. The Morgan fingerprint density at radius 3 is 2.47 bits per heavy atom. The van der Waals surface area contributed by atoms with E-state index in [1.54, 1.807) is 0 Å². The molecule has 0 unspecified atom stereocenters. The van der Waals surface area contributed by atoms with Gasteiger partial charge in [-0.05, 0) is 0 Å². The molecule has 15 heavy (non-hydrogen) atoms. The Bertz CT molecular complexity index is 284. The fourth-order valence-electron chi connectivity index (χ4n) is 0.996. The molecule has 0 amide bonds. The van der Waals surface area contributed by atoms with Crippen molar-refractivity contribution >= 4 is 17.6 Å². The minimum absolute atomic E-state index is 0. The summed E-state index contributed by atoms with van der Waals surface area (Å²) in [7, 11) is 0. The molecular weight excluding hydrogens is 208 g/mol.